The Morgan fingerprint density at radius 3 is 1.51 bits per heavy atom. The van der Waals surface area contributed by atoms with Crippen molar-refractivity contribution in [3.05, 3.63) is 143 Å². The van der Waals surface area contributed by atoms with Gasteiger partial charge in [0, 0.05) is 73.1 Å². The summed E-state index contributed by atoms with van der Waals surface area (Å²) in [5.74, 6) is -2.69. The maximum atomic E-state index is 14.0. The molecule has 0 aromatic heterocycles. The summed E-state index contributed by atoms with van der Waals surface area (Å²) in [6.07, 6.45) is 6.44. The van der Waals surface area contributed by atoms with E-state index in [1.54, 1.807) is 17.0 Å². The zero-order valence-electron chi connectivity index (χ0n) is 35.8. The molecule has 4 aromatic carbocycles. The van der Waals surface area contributed by atoms with Crippen molar-refractivity contribution in [1.82, 2.24) is 31.5 Å². The summed E-state index contributed by atoms with van der Waals surface area (Å²) in [6, 6.07) is 35.2. The monoisotopic (exact) mass is 850 g/mol. The summed E-state index contributed by atoms with van der Waals surface area (Å²) in [4.78, 5) is 83.1. The standard InChI is InChI=1S/C51H58N6O6/c1-2-3-4-14-21-46(58)53-45(50(62)56-44-28-39(44)34-19-12-7-13-20-34)29-52-47(59)35-22-24-36(25-23-35)51(63)57-30-40(48(60)54-42-26-37(42)32-15-8-5-9-16-32)41(31-57)49(61)55-43-27-38(43)33-17-10-6-11-18-33/h5-13,15-20,22-25,37-45H,2-4,14,21,26-31H2,1H3,(H,52,59)(H,53,58)(H,54,60)(H,55,61)(H,56,62)/t37-,38-,39-,40-,41-,42+,43+,44+,45+/m1/s1. The van der Waals surface area contributed by atoms with Crippen LogP contribution < -0.4 is 26.6 Å². The molecule has 3 saturated carbocycles. The molecule has 4 fully saturated rings. The van der Waals surface area contributed by atoms with Crippen molar-refractivity contribution in [1.29, 1.82) is 0 Å². The minimum absolute atomic E-state index is 0.0281. The van der Waals surface area contributed by atoms with Crippen LogP contribution in [0.1, 0.15) is 113 Å². The average Bonchev–Trinajstić information content (AvgIpc) is 4.28. The molecule has 1 heterocycles. The summed E-state index contributed by atoms with van der Waals surface area (Å²) >= 11 is 0. The molecular formula is C51H58N6O6. The third-order valence-corrected chi connectivity index (χ3v) is 13.1. The lowest BCUT2D eigenvalue weighted by molar-refractivity contribution is -0.133. The van der Waals surface area contributed by atoms with Crippen LogP contribution in [0.4, 0.5) is 0 Å². The van der Waals surface area contributed by atoms with Gasteiger partial charge in [0.1, 0.15) is 6.04 Å². The first-order chi connectivity index (χ1) is 30.7. The molecule has 4 aromatic rings. The number of carbonyl (C=O) groups is 6. The van der Waals surface area contributed by atoms with Crippen LogP contribution in [0.3, 0.4) is 0 Å². The zero-order valence-corrected chi connectivity index (χ0v) is 35.8. The molecule has 0 bridgehead atoms. The van der Waals surface area contributed by atoms with Gasteiger partial charge >= 0.3 is 0 Å². The molecule has 6 amide bonds. The predicted molar refractivity (Wildman–Crippen MR) is 240 cm³/mol. The van der Waals surface area contributed by atoms with Crippen molar-refractivity contribution in [2.75, 3.05) is 19.6 Å². The second kappa shape index (κ2) is 19.8. The summed E-state index contributed by atoms with van der Waals surface area (Å²) < 4.78 is 0. The predicted octanol–water partition coefficient (Wildman–Crippen LogP) is 5.58. The van der Waals surface area contributed by atoms with Crippen molar-refractivity contribution in [2.45, 2.75) is 100 Å². The Kier molecular flexibility index (Phi) is 13.6. The Labute approximate surface area is 369 Å². The van der Waals surface area contributed by atoms with Crippen molar-refractivity contribution >= 4 is 35.4 Å². The van der Waals surface area contributed by atoms with E-state index in [1.807, 2.05) is 66.7 Å². The van der Waals surface area contributed by atoms with Crippen molar-refractivity contribution in [3.8, 4) is 0 Å². The molecule has 5 N–H and O–H groups in total. The van der Waals surface area contributed by atoms with Crippen LogP contribution in [-0.4, -0.2) is 84.1 Å². The highest BCUT2D eigenvalue weighted by molar-refractivity contribution is 5.99. The van der Waals surface area contributed by atoms with Crippen LogP contribution in [0.5, 0.6) is 0 Å². The number of nitrogens with one attached hydrogen (secondary N) is 5. The molecule has 0 unspecified atom stereocenters. The van der Waals surface area contributed by atoms with Gasteiger partial charge in [0.05, 0.1) is 11.8 Å². The normalized spacial score (nSPS) is 24.6. The van der Waals surface area contributed by atoms with Gasteiger partial charge in [-0.3, -0.25) is 28.8 Å². The summed E-state index contributed by atoms with van der Waals surface area (Å²) in [7, 11) is 0. The van der Waals surface area contributed by atoms with E-state index in [9.17, 15) is 28.8 Å². The van der Waals surface area contributed by atoms with Gasteiger partial charge in [-0.15, -0.1) is 0 Å². The van der Waals surface area contributed by atoms with Gasteiger partial charge in [0.2, 0.25) is 23.6 Å². The lowest BCUT2D eigenvalue weighted by Crippen LogP contribution is -2.53. The second-order valence-electron chi connectivity index (χ2n) is 17.7. The summed E-state index contributed by atoms with van der Waals surface area (Å²) in [6.45, 7) is 2.15. The van der Waals surface area contributed by atoms with Crippen LogP contribution in [-0.2, 0) is 19.2 Å². The van der Waals surface area contributed by atoms with Gasteiger partial charge in [-0.25, -0.2) is 0 Å². The molecule has 12 heteroatoms. The number of likely N-dealkylation sites (tertiary alicyclic amines) is 1. The number of unbranched alkanes of at least 4 members (excludes halogenated alkanes) is 3. The Balaban J connectivity index is 0.886. The molecule has 8 rings (SSSR count). The smallest absolute Gasteiger partial charge is 0.253 e. The molecule has 3 aliphatic carbocycles. The molecule has 12 nitrogen and oxygen atoms in total. The van der Waals surface area contributed by atoms with Crippen molar-refractivity contribution in [2.24, 2.45) is 11.8 Å². The first-order valence-electron chi connectivity index (χ1n) is 22.7. The highest BCUT2D eigenvalue weighted by Gasteiger charge is 2.49. The highest BCUT2D eigenvalue weighted by atomic mass is 16.2. The molecule has 0 radical (unpaired) electrons. The molecule has 328 valence electrons. The lowest BCUT2D eigenvalue weighted by atomic mass is 9.94. The number of carbonyl (C=O) groups excluding carboxylic acids is 6. The fourth-order valence-corrected chi connectivity index (χ4v) is 9.06. The lowest BCUT2D eigenvalue weighted by Gasteiger charge is -2.20. The Morgan fingerprint density at radius 1 is 0.571 bits per heavy atom. The second-order valence-corrected chi connectivity index (χ2v) is 17.7. The fourth-order valence-electron chi connectivity index (χ4n) is 9.06. The van der Waals surface area contributed by atoms with E-state index in [0.29, 0.717) is 18.4 Å². The number of rotatable bonds is 19. The minimum atomic E-state index is -0.968. The average molecular weight is 851 g/mol. The van der Waals surface area contributed by atoms with E-state index in [0.717, 1.165) is 55.2 Å². The molecule has 0 spiro atoms. The van der Waals surface area contributed by atoms with E-state index >= 15 is 0 Å². The van der Waals surface area contributed by atoms with Crippen LogP contribution in [0, 0.1) is 11.8 Å². The largest absolute Gasteiger partial charge is 0.352 e. The van der Waals surface area contributed by atoms with Gasteiger partial charge < -0.3 is 31.5 Å². The molecule has 63 heavy (non-hydrogen) atoms. The van der Waals surface area contributed by atoms with E-state index < -0.39 is 23.8 Å². The highest BCUT2D eigenvalue weighted by Crippen LogP contribution is 2.43. The number of hydrogen-bond acceptors (Lipinski definition) is 6. The van der Waals surface area contributed by atoms with E-state index in [4.69, 9.17) is 0 Å². The topological polar surface area (TPSA) is 166 Å². The number of hydrogen-bond donors (Lipinski definition) is 5. The zero-order chi connectivity index (χ0) is 43.9. The number of nitrogens with zero attached hydrogens (tertiary/aromatic N) is 1. The first kappa shape index (κ1) is 43.4. The molecule has 1 saturated heterocycles. The van der Waals surface area contributed by atoms with E-state index in [2.05, 4.69) is 57.8 Å². The van der Waals surface area contributed by atoms with Gasteiger partial charge in [0.15, 0.2) is 0 Å². The first-order valence-corrected chi connectivity index (χ1v) is 22.7. The Hall–Kier alpha value is -6.30. The molecule has 4 aliphatic rings. The maximum Gasteiger partial charge on any atom is 0.253 e. The van der Waals surface area contributed by atoms with Gasteiger partial charge in [-0.1, -0.05) is 117 Å². The van der Waals surface area contributed by atoms with Crippen LogP contribution in [0.15, 0.2) is 115 Å². The molecule has 9 atom stereocenters. The number of benzene rings is 4. The number of amides is 6. The Morgan fingerprint density at radius 2 is 1.03 bits per heavy atom. The third kappa shape index (κ3) is 11.0. The molecular weight excluding hydrogens is 793 g/mol. The Bertz CT molecular complexity index is 2180. The molecule has 1 aliphatic heterocycles. The SMILES string of the molecule is CCCCCCC(=O)N[C@@H](CNC(=O)c1ccc(C(=O)N2C[C@@H](C(=O)N[C@H]3C[C@@H]3c3ccccc3)[C@H](C(=O)N[C@H]3C[C@@H]3c3ccccc3)C2)cc1)C(=O)N[C@H]1C[C@@H]1c1ccccc1. The maximum absolute atomic E-state index is 14.0. The van der Waals surface area contributed by atoms with Gasteiger partial charge in [-0.2, -0.15) is 0 Å². The minimum Gasteiger partial charge on any atom is -0.352 e. The third-order valence-electron chi connectivity index (χ3n) is 13.1. The van der Waals surface area contributed by atoms with Crippen LogP contribution in [0.2, 0.25) is 0 Å². The van der Waals surface area contributed by atoms with Crippen LogP contribution >= 0.6 is 0 Å². The van der Waals surface area contributed by atoms with Gasteiger partial charge in [0.25, 0.3) is 11.8 Å². The van der Waals surface area contributed by atoms with Crippen molar-refractivity contribution < 1.29 is 28.8 Å². The fraction of sp³-hybridized carbons (Fsp3) is 0.412. The van der Waals surface area contributed by atoms with Crippen LogP contribution in [0.25, 0.3) is 0 Å². The summed E-state index contributed by atoms with van der Waals surface area (Å²) in [5, 5.41) is 15.1. The summed E-state index contributed by atoms with van der Waals surface area (Å²) in [5.41, 5.74) is 4.05. The van der Waals surface area contributed by atoms with E-state index in [1.165, 1.54) is 12.1 Å². The quantitative estimate of drug-likeness (QED) is 0.0774. The van der Waals surface area contributed by atoms with E-state index in [-0.39, 0.29) is 90.6 Å². The van der Waals surface area contributed by atoms with Crippen molar-refractivity contribution in [3.63, 3.8) is 0 Å². The van der Waals surface area contributed by atoms with Gasteiger partial charge in [-0.05, 0) is 66.6 Å².